The maximum atomic E-state index is 11.5. The molecule has 0 aliphatic heterocycles. The molecule has 0 bridgehead atoms. The second kappa shape index (κ2) is 4.41. The van der Waals surface area contributed by atoms with E-state index >= 15 is 0 Å². The van der Waals surface area contributed by atoms with E-state index in [-0.39, 0.29) is 5.69 Å². The van der Waals surface area contributed by atoms with Crippen molar-refractivity contribution in [1.29, 1.82) is 0 Å². The van der Waals surface area contributed by atoms with E-state index in [2.05, 4.69) is 10.2 Å². The molecule has 1 rings (SSSR count). The topological polar surface area (TPSA) is 97.2 Å². The molecule has 0 aliphatic rings. The van der Waals surface area contributed by atoms with Gasteiger partial charge in [0.25, 0.3) is 0 Å². The zero-order valence-corrected chi connectivity index (χ0v) is 7.88. The summed E-state index contributed by atoms with van der Waals surface area (Å²) in [5, 5.41) is 15.4. The molecule has 78 valence electrons. The minimum atomic E-state index is -1.63. The van der Waals surface area contributed by atoms with Crippen LogP contribution in [0.2, 0.25) is 0 Å². The number of nitrogens with zero attached hydrogens (tertiary/aromatic N) is 2. The average Bonchev–Trinajstić information content (AvgIpc) is 2.27. The summed E-state index contributed by atoms with van der Waals surface area (Å²) < 4.78 is 0. The summed E-state index contributed by atoms with van der Waals surface area (Å²) in [6.45, 7) is 1.23. The van der Waals surface area contributed by atoms with Crippen LogP contribution in [-0.2, 0) is 9.59 Å². The lowest BCUT2D eigenvalue weighted by Gasteiger charge is -2.04. The number of rotatable bonds is 4. The van der Waals surface area contributed by atoms with Gasteiger partial charge in [-0.25, -0.2) is 4.79 Å². The van der Waals surface area contributed by atoms with Gasteiger partial charge in [0, 0.05) is 6.20 Å². The maximum Gasteiger partial charge on any atom is 0.372 e. The summed E-state index contributed by atoms with van der Waals surface area (Å²) in [5.74, 6) is -4.65. The summed E-state index contributed by atoms with van der Waals surface area (Å²) in [5.41, 5.74) is -0.0143. The summed E-state index contributed by atoms with van der Waals surface area (Å²) >= 11 is 0. The van der Waals surface area contributed by atoms with Gasteiger partial charge in [-0.2, -0.15) is 5.10 Å². The molecule has 0 saturated carbocycles. The van der Waals surface area contributed by atoms with Crippen LogP contribution in [-0.4, -0.2) is 32.8 Å². The first-order valence-electron chi connectivity index (χ1n) is 4.13. The zero-order valence-electron chi connectivity index (χ0n) is 7.88. The lowest BCUT2D eigenvalue weighted by Crippen LogP contribution is -2.28. The number of aliphatic carboxylic acids is 1. The molecular formula is C9H8N2O4. The van der Waals surface area contributed by atoms with Gasteiger partial charge in [0.05, 0.1) is 5.92 Å². The number of ketones is 2. The number of carbonyl (C=O) groups is 3. The van der Waals surface area contributed by atoms with E-state index in [0.717, 1.165) is 0 Å². The highest BCUT2D eigenvalue weighted by Crippen LogP contribution is 2.06. The van der Waals surface area contributed by atoms with Crippen LogP contribution in [0.4, 0.5) is 0 Å². The fourth-order valence-electron chi connectivity index (χ4n) is 0.959. The standard InChI is InChI=1S/C9H8N2O4/c1-5(8(13)9(14)15)7(12)6-3-2-4-10-11-6/h2-5H,1H3,(H,14,15). The molecule has 0 radical (unpaired) electrons. The van der Waals surface area contributed by atoms with Crippen molar-refractivity contribution in [3.63, 3.8) is 0 Å². The molecule has 1 unspecified atom stereocenters. The fraction of sp³-hybridized carbons (Fsp3) is 0.222. The number of aromatic nitrogens is 2. The van der Waals surface area contributed by atoms with Crippen LogP contribution in [0.3, 0.4) is 0 Å². The van der Waals surface area contributed by atoms with Gasteiger partial charge in [0.1, 0.15) is 5.69 Å². The normalized spacial score (nSPS) is 11.8. The van der Waals surface area contributed by atoms with Gasteiger partial charge in [-0.1, -0.05) is 0 Å². The molecular weight excluding hydrogens is 200 g/mol. The van der Waals surface area contributed by atoms with Crippen LogP contribution in [0.25, 0.3) is 0 Å². The van der Waals surface area contributed by atoms with Crippen molar-refractivity contribution in [2.45, 2.75) is 6.92 Å². The predicted molar refractivity (Wildman–Crippen MR) is 48.2 cm³/mol. The van der Waals surface area contributed by atoms with E-state index in [9.17, 15) is 14.4 Å². The molecule has 0 aliphatic carbocycles. The summed E-state index contributed by atoms with van der Waals surface area (Å²) in [6, 6.07) is 2.86. The third-order valence-electron chi connectivity index (χ3n) is 1.82. The SMILES string of the molecule is CC(C(=O)C(=O)O)C(=O)c1cccnn1. The first-order chi connectivity index (χ1) is 7.04. The second-order valence-corrected chi connectivity index (χ2v) is 2.86. The number of carbonyl (C=O) groups excluding carboxylic acids is 2. The van der Waals surface area contributed by atoms with Crippen molar-refractivity contribution in [1.82, 2.24) is 10.2 Å². The molecule has 0 aromatic carbocycles. The van der Waals surface area contributed by atoms with Crippen LogP contribution in [0.1, 0.15) is 17.4 Å². The third kappa shape index (κ3) is 2.43. The quantitative estimate of drug-likeness (QED) is 0.423. The lowest BCUT2D eigenvalue weighted by molar-refractivity contribution is -0.150. The Morgan fingerprint density at radius 1 is 1.40 bits per heavy atom. The Morgan fingerprint density at radius 2 is 2.07 bits per heavy atom. The number of carboxylic acids is 1. The van der Waals surface area contributed by atoms with Crippen molar-refractivity contribution in [2.24, 2.45) is 5.92 Å². The largest absolute Gasteiger partial charge is 0.475 e. The number of carboxylic acid groups (broad SMARTS) is 1. The third-order valence-corrected chi connectivity index (χ3v) is 1.82. The molecule has 0 saturated heterocycles. The van der Waals surface area contributed by atoms with Crippen LogP contribution < -0.4 is 0 Å². The van der Waals surface area contributed by atoms with Crippen molar-refractivity contribution in [3.05, 3.63) is 24.0 Å². The number of hydrogen-bond acceptors (Lipinski definition) is 5. The summed E-state index contributed by atoms with van der Waals surface area (Å²) in [7, 11) is 0. The van der Waals surface area contributed by atoms with Crippen molar-refractivity contribution in [3.8, 4) is 0 Å². The van der Waals surface area contributed by atoms with Crippen LogP contribution >= 0.6 is 0 Å². The van der Waals surface area contributed by atoms with Crippen LogP contribution in [0.15, 0.2) is 18.3 Å². The van der Waals surface area contributed by atoms with Gasteiger partial charge in [-0.15, -0.1) is 5.10 Å². The van der Waals surface area contributed by atoms with Gasteiger partial charge >= 0.3 is 5.97 Å². The Morgan fingerprint density at radius 3 is 2.53 bits per heavy atom. The van der Waals surface area contributed by atoms with E-state index in [1.54, 1.807) is 0 Å². The highest BCUT2D eigenvalue weighted by molar-refractivity contribution is 6.38. The molecule has 6 heteroatoms. The van der Waals surface area contributed by atoms with Gasteiger partial charge < -0.3 is 5.11 Å². The smallest absolute Gasteiger partial charge is 0.372 e. The van der Waals surface area contributed by atoms with E-state index in [1.807, 2.05) is 0 Å². The van der Waals surface area contributed by atoms with Crippen molar-refractivity contribution >= 4 is 17.5 Å². The minimum absolute atomic E-state index is 0.0143. The van der Waals surface area contributed by atoms with Gasteiger partial charge in [0.15, 0.2) is 5.78 Å². The van der Waals surface area contributed by atoms with Crippen molar-refractivity contribution < 1.29 is 19.5 Å². The highest BCUT2D eigenvalue weighted by Gasteiger charge is 2.28. The van der Waals surface area contributed by atoms with Crippen LogP contribution in [0.5, 0.6) is 0 Å². The first kappa shape index (κ1) is 11.0. The Balaban J connectivity index is 2.87. The van der Waals surface area contributed by atoms with E-state index in [1.165, 1.54) is 25.3 Å². The Kier molecular flexibility index (Phi) is 3.22. The zero-order chi connectivity index (χ0) is 11.4. The summed E-state index contributed by atoms with van der Waals surface area (Å²) in [6.07, 6.45) is 1.38. The maximum absolute atomic E-state index is 11.5. The Hall–Kier alpha value is -2.11. The molecule has 15 heavy (non-hydrogen) atoms. The predicted octanol–water partition coefficient (Wildman–Crippen LogP) is -0.0509. The molecule has 0 fully saturated rings. The molecule has 1 atom stereocenters. The first-order valence-corrected chi connectivity index (χ1v) is 4.13. The lowest BCUT2D eigenvalue weighted by atomic mass is 9.99. The monoisotopic (exact) mass is 208 g/mol. The van der Waals surface area contributed by atoms with E-state index in [0.29, 0.717) is 0 Å². The molecule has 6 nitrogen and oxygen atoms in total. The fourth-order valence-corrected chi connectivity index (χ4v) is 0.959. The molecule has 1 N–H and O–H groups in total. The van der Waals surface area contributed by atoms with Gasteiger partial charge in [0.2, 0.25) is 5.78 Å². The minimum Gasteiger partial charge on any atom is -0.475 e. The molecule has 1 heterocycles. The molecule has 1 aromatic heterocycles. The molecule has 0 amide bonds. The summed E-state index contributed by atoms with van der Waals surface area (Å²) in [4.78, 5) is 32.8. The van der Waals surface area contributed by atoms with Gasteiger partial charge in [-0.05, 0) is 19.1 Å². The molecule has 0 spiro atoms. The van der Waals surface area contributed by atoms with Crippen molar-refractivity contribution in [2.75, 3.05) is 0 Å². The Bertz CT molecular complexity index is 402. The van der Waals surface area contributed by atoms with E-state index in [4.69, 9.17) is 5.11 Å². The van der Waals surface area contributed by atoms with E-state index < -0.39 is 23.5 Å². The number of Topliss-reactive ketones (excluding diaryl/α,β-unsaturated/α-hetero) is 2. The van der Waals surface area contributed by atoms with Gasteiger partial charge in [-0.3, -0.25) is 9.59 Å². The highest BCUT2D eigenvalue weighted by atomic mass is 16.4. The van der Waals surface area contributed by atoms with Crippen LogP contribution in [0, 0.1) is 5.92 Å². The second-order valence-electron chi connectivity index (χ2n) is 2.86. The molecule has 1 aromatic rings. The number of hydrogen-bond donors (Lipinski definition) is 1. The average molecular weight is 208 g/mol. The Labute approximate surface area is 84.9 Å².